The highest BCUT2D eigenvalue weighted by Gasteiger charge is 2.37. The van der Waals surface area contributed by atoms with Crippen LogP contribution in [0, 0.1) is 5.92 Å². The van der Waals surface area contributed by atoms with E-state index in [1.54, 1.807) is 7.05 Å². The Bertz CT molecular complexity index is 723. The largest absolute Gasteiger partial charge is 0.435 e. The number of aryl methyl sites for hydroxylation is 1. The molecule has 1 saturated carbocycles. The van der Waals surface area contributed by atoms with Gasteiger partial charge < -0.3 is 15.5 Å². The van der Waals surface area contributed by atoms with Crippen LogP contribution in [0.5, 0.6) is 0 Å². The van der Waals surface area contributed by atoms with Gasteiger partial charge in [0.25, 0.3) is 0 Å². The van der Waals surface area contributed by atoms with Gasteiger partial charge in [-0.2, -0.15) is 18.3 Å². The summed E-state index contributed by atoms with van der Waals surface area (Å²) in [4.78, 5) is 18.5. The van der Waals surface area contributed by atoms with Crippen molar-refractivity contribution in [2.45, 2.75) is 50.9 Å². The van der Waals surface area contributed by atoms with Crippen LogP contribution < -0.4 is 10.6 Å². The number of aromatic nitrogens is 2. The van der Waals surface area contributed by atoms with Gasteiger partial charge in [0.2, 0.25) is 5.91 Å². The van der Waals surface area contributed by atoms with Crippen molar-refractivity contribution in [1.29, 1.82) is 0 Å². The minimum Gasteiger partial charge on any atom is -0.352 e. The van der Waals surface area contributed by atoms with Gasteiger partial charge in [-0.15, -0.1) is 0 Å². The number of amides is 1. The molecule has 0 bridgehead atoms. The first-order chi connectivity index (χ1) is 13.3. The van der Waals surface area contributed by atoms with Gasteiger partial charge in [0.15, 0.2) is 11.7 Å². The Labute approximate surface area is 162 Å². The fourth-order valence-corrected chi connectivity index (χ4v) is 3.98. The zero-order valence-corrected chi connectivity index (χ0v) is 16.2. The third kappa shape index (κ3) is 4.77. The number of likely N-dealkylation sites (tertiary alicyclic amines) is 1. The summed E-state index contributed by atoms with van der Waals surface area (Å²) in [5.41, 5.74) is -0.838. The van der Waals surface area contributed by atoms with E-state index in [9.17, 15) is 18.0 Å². The first kappa shape index (κ1) is 20.5. The topological polar surface area (TPSA) is 74.6 Å². The van der Waals surface area contributed by atoms with E-state index >= 15 is 0 Å². The highest BCUT2D eigenvalue weighted by atomic mass is 19.4. The molecular formula is C18H27F3N6O. The molecule has 1 aliphatic carbocycles. The number of nitrogens with one attached hydrogen (secondary N) is 2. The lowest BCUT2D eigenvalue weighted by Gasteiger charge is -2.21. The standard InChI is InChI=1S/C18H27F3N6O/c1-22-17(23-9-13-10-26(2)25-15(13)18(19,20)21)24-14-7-8-27(11-14)16(28)12-5-3-4-6-12/h10,12,14H,3-9,11H2,1-2H3,(H2,22,23,24). The second-order valence-corrected chi connectivity index (χ2v) is 7.50. The number of guanidine groups is 1. The smallest absolute Gasteiger partial charge is 0.352 e. The van der Waals surface area contributed by atoms with Crippen LogP contribution >= 0.6 is 0 Å². The summed E-state index contributed by atoms with van der Waals surface area (Å²) in [6.45, 7) is 1.25. The van der Waals surface area contributed by atoms with Gasteiger partial charge in [-0.3, -0.25) is 14.5 Å². The Kier molecular flexibility index (Phi) is 6.14. The predicted molar refractivity (Wildman–Crippen MR) is 98.5 cm³/mol. The molecule has 28 heavy (non-hydrogen) atoms. The van der Waals surface area contributed by atoms with Crippen LogP contribution in [0.15, 0.2) is 11.2 Å². The quantitative estimate of drug-likeness (QED) is 0.598. The molecule has 1 saturated heterocycles. The average molecular weight is 400 g/mol. The molecule has 0 radical (unpaired) electrons. The normalized spacial score (nSPS) is 21.4. The Hall–Kier alpha value is -2.26. The molecule has 1 aromatic rings. The van der Waals surface area contributed by atoms with Gasteiger partial charge in [0.1, 0.15) is 0 Å². The van der Waals surface area contributed by atoms with Crippen LogP contribution in [-0.4, -0.2) is 52.7 Å². The van der Waals surface area contributed by atoms with Gasteiger partial charge in [-0.1, -0.05) is 12.8 Å². The highest BCUT2D eigenvalue weighted by molar-refractivity contribution is 5.81. The van der Waals surface area contributed by atoms with E-state index in [1.807, 2.05) is 4.90 Å². The molecular weight excluding hydrogens is 373 g/mol. The molecule has 1 amide bonds. The molecule has 2 N–H and O–H groups in total. The molecule has 7 nitrogen and oxygen atoms in total. The van der Waals surface area contributed by atoms with Gasteiger partial charge in [0.05, 0.1) is 0 Å². The third-order valence-electron chi connectivity index (χ3n) is 5.39. The minimum absolute atomic E-state index is 0.0348. The summed E-state index contributed by atoms with van der Waals surface area (Å²) >= 11 is 0. The zero-order valence-electron chi connectivity index (χ0n) is 16.2. The van der Waals surface area contributed by atoms with E-state index < -0.39 is 11.9 Å². The molecule has 2 heterocycles. The van der Waals surface area contributed by atoms with Gasteiger partial charge >= 0.3 is 6.18 Å². The van der Waals surface area contributed by atoms with Crippen LogP contribution in [0.2, 0.25) is 0 Å². The fourth-order valence-electron chi connectivity index (χ4n) is 3.98. The Morgan fingerprint density at radius 2 is 2.04 bits per heavy atom. The van der Waals surface area contributed by atoms with Crippen molar-refractivity contribution in [3.63, 3.8) is 0 Å². The van der Waals surface area contributed by atoms with E-state index in [4.69, 9.17) is 0 Å². The first-order valence-corrected chi connectivity index (χ1v) is 9.63. The minimum atomic E-state index is -4.50. The van der Waals surface area contributed by atoms with E-state index in [-0.39, 0.29) is 30.0 Å². The SMILES string of the molecule is CN=C(NCc1cn(C)nc1C(F)(F)F)NC1CCN(C(=O)C2CCCC2)C1. The summed E-state index contributed by atoms with van der Waals surface area (Å²) in [6, 6.07) is 0.0348. The highest BCUT2D eigenvalue weighted by Crippen LogP contribution is 2.30. The van der Waals surface area contributed by atoms with Gasteiger partial charge in [0, 0.05) is 57.4 Å². The molecule has 2 aliphatic rings. The maximum atomic E-state index is 13.1. The summed E-state index contributed by atoms with van der Waals surface area (Å²) in [5, 5.41) is 9.64. The number of aliphatic imine (C=N–C) groups is 1. The molecule has 1 unspecified atom stereocenters. The maximum absolute atomic E-state index is 13.1. The van der Waals surface area contributed by atoms with Crippen LogP contribution in [0.25, 0.3) is 0 Å². The lowest BCUT2D eigenvalue weighted by Crippen LogP contribution is -2.45. The van der Waals surface area contributed by atoms with Crippen molar-refractivity contribution < 1.29 is 18.0 Å². The molecule has 1 atom stereocenters. The number of carbonyl (C=O) groups is 1. The molecule has 2 fully saturated rings. The molecule has 0 aromatic carbocycles. The Morgan fingerprint density at radius 1 is 1.32 bits per heavy atom. The molecule has 3 rings (SSSR count). The maximum Gasteiger partial charge on any atom is 0.435 e. The van der Waals surface area contributed by atoms with Crippen molar-refractivity contribution in [3.8, 4) is 0 Å². The van der Waals surface area contributed by atoms with Crippen molar-refractivity contribution in [3.05, 3.63) is 17.5 Å². The van der Waals surface area contributed by atoms with E-state index in [1.165, 1.54) is 13.2 Å². The number of carbonyl (C=O) groups excluding carboxylic acids is 1. The second kappa shape index (κ2) is 8.40. The van der Waals surface area contributed by atoms with Crippen LogP contribution in [0.4, 0.5) is 13.2 Å². The number of hydrogen-bond donors (Lipinski definition) is 2. The summed E-state index contributed by atoms with van der Waals surface area (Å²) in [5.74, 6) is 0.801. The predicted octanol–water partition coefficient (Wildman–Crippen LogP) is 1.89. The third-order valence-corrected chi connectivity index (χ3v) is 5.39. The van der Waals surface area contributed by atoms with E-state index in [2.05, 4.69) is 20.7 Å². The van der Waals surface area contributed by atoms with Crippen molar-refractivity contribution in [2.24, 2.45) is 18.0 Å². The van der Waals surface area contributed by atoms with Gasteiger partial charge in [-0.05, 0) is 19.3 Å². The number of rotatable bonds is 4. The van der Waals surface area contributed by atoms with Crippen LogP contribution in [0.3, 0.4) is 0 Å². The average Bonchev–Trinajstić information content (AvgIpc) is 3.38. The van der Waals surface area contributed by atoms with E-state index in [0.29, 0.717) is 19.0 Å². The lowest BCUT2D eigenvalue weighted by atomic mass is 10.1. The molecule has 1 aromatic heterocycles. The second-order valence-electron chi connectivity index (χ2n) is 7.50. The first-order valence-electron chi connectivity index (χ1n) is 9.63. The summed E-state index contributed by atoms with van der Waals surface area (Å²) in [6.07, 6.45) is 1.84. The van der Waals surface area contributed by atoms with Crippen LogP contribution in [0.1, 0.15) is 43.4 Å². The van der Waals surface area contributed by atoms with Gasteiger partial charge in [-0.25, -0.2) is 0 Å². The van der Waals surface area contributed by atoms with E-state index in [0.717, 1.165) is 36.8 Å². The fraction of sp³-hybridized carbons (Fsp3) is 0.722. The number of halogens is 3. The lowest BCUT2D eigenvalue weighted by molar-refractivity contribution is -0.142. The Morgan fingerprint density at radius 3 is 2.68 bits per heavy atom. The number of alkyl halides is 3. The van der Waals surface area contributed by atoms with Crippen molar-refractivity contribution >= 4 is 11.9 Å². The van der Waals surface area contributed by atoms with Crippen molar-refractivity contribution in [2.75, 3.05) is 20.1 Å². The monoisotopic (exact) mass is 400 g/mol. The Balaban J connectivity index is 1.52. The molecule has 1 aliphatic heterocycles. The number of nitrogens with zero attached hydrogens (tertiary/aromatic N) is 4. The van der Waals surface area contributed by atoms with Crippen molar-refractivity contribution in [1.82, 2.24) is 25.3 Å². The summed E-state index contributed by atoms with van der Waals surface area (Å²) < 4.78 is 40.3. The number of hydrogen-bond acceptors (Lipinski definition) is 3. The molecule has 10 heteroatoms. The molecule has 156 valence electrons. The van der Waals surface area contributed by atoms with Crippen LogP contribution in [-0.2, 0) is 24.6 Å². The zero-order chi connectivity index (χ0) is 20.3. The molecule has 0 spiro atoms. The summed E-state index contributed by atoms with van der Waals surface area (Å²) in [7, 11) is 3.03.